The molecule has 2 aromatic carbocycles. The maximum atomic E-state index is 13.2. The first kappa shape index (κ1) is 20.8. The summed E-state index contributed by atoms with van der Waals surface area (Å²) in [7, 11) is 0. The lowest BCUT2D eigenvalue weighted by Gasteiger charge is -2.32. The zero-order valence-electron chi connectivity index (χ0n) is 16.7. The van der Waals surface area contributed by atoms with Crippen LogP contribution in [0.5, 0.6) is 5.75 Å². The molecule has 156 valence electrons. The minimum Gasteiger partial charge on any atom is -0.490 e. The molecule has 7 heteroatoms. The number of hydrogen-bond acceptors (Lipinski definition) is 5. The highest BCUT2D eigenvalue weighted by Gasteiger charge is 2.26. The molecule has 1 fully saturated rings. The first-order valence-corrected chi connectivity index (χ1v) is 11.3. The highest BCUT2D eigenvalue weighted by molar-refractivity contribution is 7.98. The largest absolute Gasteiger partial charge is 0.490 e. The Bertz CT molecular complexity index is 998. The summed E-state index contributed by atoms with van der Waals surface area (Å²) in [6, 6.07) is 17.1. The Labute approximate surface area is 185 Å². The molecular formula is C23H23ClN2O3S. The standard InChI is InChI=1S/C23H23ClN2O3S/c1-16-14-18(25-29-16)15-30-22-5-3-2-4-21(22)23(27)26-12-10-20(11-13-26)28-19-8-6-17(24)7-9-19/h2-9,14,20H,10-13,15H2,1H3. The highest BCUT2D eigenvalue weighted by atomic mass is 35.5. The second-order valence-corrected chi connectivity index (χ2v) is 8.73. The van der Waals surface area contributed by atoms with Gasteiger partial charge < -0.3 is 14.2 Å². The molecule has 0 spiro atoms. The SMILES string of the molecule is Cc1cc(CSc2ccccc2C(=O)N2CCC(Oc3ccc(Cl)cc3)CC2)no1. The normalized spacial score (nSPS) is 14.7. The van der Waals surface area contributed by atoms with Crippen molar-refractivity contribution < 1.29 is 14.1 Å². The topological polar surface area (TPSA) is 55.6 Å². The van der Waals surface area contributed by atoms with Crippen LogP contribution in [0, 0.1) is 6.92 Å². The summed E-state index contributed by atoms with van der Waals surface area (Å²) in [5, 5.41) is 4.72. The van der Waals surface area contributed by atoms with Gasteiger partial charge in [0.15, 0.2) is 0 Å². The first-order chi connectivity index (χ1) is 14.6. The molecule has 1 aromatic heterocycles. The molecule has 1 aliphatic heterocycles. The number of piperidine rings is 1. The van der Waals surface area contributed by atoms with E-state index < -0.39 is 0 Å². The van der Waals surface area contributed by atoms with Crippen LogP contribution in [-0.4, -0.2) is 35.2 Å². The van der Waals surface area contributed by atoms with Gasteiger partial charge in [-0.2, -0.15) is 0 Å². The summed E-state index contributed by atoms with van der Waals surface area (Å²) in [5.74, 6) is 2.34. The Morgan fingerprint density at radius 3 is 2.63 bits per heavy atom. The van der Waals surface area contributed by atoms with Gasteiger partial charge in [0.05, 0.1) is 11.3 Å². The molecule has 0 saturated carbocycles. The van der Waals surface area contributed by atoms with Crippen molar-refractivity contribution in [1.29, 1.82) is 0 Å². The number of hydrogen-bond donors (Lipinski definition) is 0. The fraction of sp³-hybridized carbons (Fsp3) is 0.304. The maximum absolute atomic E-state index is 13.2. The Kier molecular flexibility index (Phi) is 6.65. The third kappa shape index (κ3) is 5.18. The van der Waals surface area contributed by atoms with Crippen LogP contribution in [0.15, 0.2) is 64.0 Å². The van der Waals surface area contributed by atoms with E-state index in [0.717, 1.165) is 40.5 Å². The quantitative estimate of drug-likeness (QED) is 0.464. The Morgan fingerprint density at radius 1 is 1.20 bits per heavy atom. The Hall–Kier alpha value is -2.44. The number of benzene rings is 2. The summed E-state index contributed by atoms with van der Waals surface area (Å²) in [6.45, 7) is 3.23. The summed E-state index contributed by atoms with van der Waals surface area (Å²) in [6.07, 6.45) is 1.72. The fourth-order valence-electron chi connectivity index (χ4n) is 3.46. The van der Waals surface area contributed by atoms with Gasteiger partial charge in [0.25, 0.3) is 5.91 Å². The zero-order valence-corrected chi connectivity index (χ0v) is 18.3. The number of rotatable bonds is 6. The van der Waals surface area contributed by atoms with Crippen LogP contribution < -0.4 is 4.74 Å². The Balaban J connectivity index is 1.35. The molecule has 2 heterocycles. The summed E-state index contributed by atoms with van der Waals surface area (Å²) in [4.78, 5) is 16.0. The second-order valence-electron chi connectivity index (χ2n) is 7.28. The second kappa shape index (κ2) is 9.58. The van der Waals surface area contributed by atoms with Crippen molar-refractivity contribution >= 4 is 29.3 Å². The molecule has 1 aliphatic rings. The molecule has 0 radical (unpaired) electrons. The van der Waals surface area contributed by atoms with Crippen molar-refractivity contribution in [3.05, 3.63) is 76.6 Å². The van der Waals surface area contributed by atoms with Gasteiger partial charge in [-0.25, -0.2) is 0 Å². The van der Waals surface area contributed by atoms with Gasteiger partial charge >= 0.3 is 0 Å². The molecule has 1 amide bonds. The number of likely N-dealkylation sites (tertiary alicyclic amines) is 1. The van der Waals surface area contributed by atoms with E-state index in [4.69, 9.17) is 20.9 Å². The fourth-order valence-corrected chi connectivity index (χ4v) is 4.51. The van der Waals surface area contributed by atoms with Crippen molar-refractivity contribution in [3.8, 4) is 5.75 Å². The predicted octanol–water partition coefficient (Wildman–Crippen LogP) is 5.61. The van der Waals surface area contributed by atoms with E-state index in [1.807, 2.05) is 66.4 Å². The smallest absolute Gasteiger partial charge is 0.254 e. The predicted molar refractivity (Wildman–Crippen MR) is 118 cm³/mol. The average molecular weight is 443 g/mol. The van der Waals surface area contributed by atoms with Crippen LogP contribution in [0.2, 0.25) is 5.02 Å². The number of aromatic nitrogens is 1. The van der Waals surface area contributed by atoms with Crippen LogP contribution in [0.4, 0.5) is 0 Å². The van der Waals surface area contributed by atoms with E-state index in [2.05, 4.69) is 5.16 Å². The van der Waals surface area contributed by atoms with Gasteiger partial charge in [0, 0.05) is 47.7 Å². The molecule has 0 aliphatic carbocycles. The third-order valence-corrected chi connectivity index (χ3v) is 6.37. The van der Waals surface area contributed by atoms with Crippen LogP contribution in [0.1, 0.15) is 34.7 Å². The Morgan fingerprint density at radius 2 is 1.93 bits per heavy atom. The van der Waals surface area contributed by atoms with E-state index in [1.165, 1.54) is 0 Å². The third-order valence-electron chi connectivity index (χ3n) is 5.02. The van der Waals surface area contributed by atoms with Gasteiger partial charge in [0.2, 0.25) is 0 Å². The number of halogens is 1. The minimum atomic E-state index is 0.0689. The van der Waals surface area contributed by atoms with Crippen LogP contribution in [-0.2, 0) is 5.75 Å². The minimum absolute atomic E-state index is 0.0689. The molecule has 4 rings (SSSR count). The van der Waals surface area contributed by atoms with Crippen molar-refractivity contribution in [2.45, 2.75) is 36.5 Å². The lowest BCUT2D eigenvalue weighted by atomic mass is 10.1. The average Bonchev–Trinajstić information content (AvgIpc) is 3.19. The number of carbonyl (C=O) groups excluding carboxylic acids is 1. The molecule has 0 N–H and O–H groups in total. The lowest BCUT2D eigenvalue weighted by Crippen LogP contribution is -2.41. The zero-order chi connectivity index (χ0) is 20.9. The number of aryl methyl sites for hydroxylation is 1. The summed E-state index contributed by atoms with van der Waals surface area (Å²) in [5.41, 5.74) is 1.61. The van der Waals surface area contributed by atoms with E-state index in [-0.39, 0.29) is 12.0 Å². The van der Waals surface area contributed by atoms with Gasteiger partial charge in [-0.05, 0) is 43.3 Å². The molecule has 0 atom stereocenters. The van der Waals surface area contributed by atoms with Gasteiger partial charge in [-0.15, -0.1) is 11.8 Å². The molecular weight excluding hydrogens is 420 g/mol. The maximum Gasteiger partial charge on any atom is 0.254 e. The van der Waals surface area contributed by atoms with Crippen LogP contribution in [0.3, 0.4) is 0 Å². The molecule has 5 nitrogen and oxygen atoms in total. The van der Waals surface area contributed by atoms with Crippen molar-refractivity contribution in [3.63, 3.8) is 0 Å². The molecule has 1 saturated heterocycles. The molecule has 0 unspecified atom stereocenters. The summed E-state index contributed by atoms with van der Waals surface area (Å²) >= 11 is 7.53. The number of amides is 1. The summed E-state index contributed by atoms with van der Waals surface area (Å²) < 4.78 is 11.2. The van der Waals surface area contributed by atoms with Crippen molar-refractivity contribution in [1.82, 2.24) is 10.1 Å². The number of carbonyl (C=O) groups is 1. The molecule has 3 aromatic rings. The number of thioether (sulfide) groups is 1. The van der Waals surface area contributed by atoms with Gasteiger partial charge in [0.1, 0.15) is 17.6 Å². The van der Waals surface area contributed by atoms with Crippen molar-refractivity contribution in [2.24, 2.45) is 0 Å². The highest BCUT2D eigenvalue weighted by Crippen LogP contribution is 2.28. The molecule has 30 heavy (non-hydrogen) atoms. The molecule has 0 bridgehead atoms. The first-order valence-electron chi connectivity index (χ1n) is 9.94. The number of nitrogens with zero attached hydrogens (tertiary/aromatic N) is 2. The van der Waals surface area contributed by atoms with Crippen molar-refractivity contribution in [2.75, 3.05) is 13.1 Å². The van der Waals surface area contributed by atoms with E-state index in [0.29, 0.717) is 23.9 Å². The van der Waals surface area contributed by atoms with Gasteiger partial charge in [-0.3, -0.25) is 4.79 Å². The number of ether oxygens (including phenoxy) is 1. The van der Waals surface area contributed by atoms with Crippen LogP contribution >= 0.6 is 23.4 Å². The van der Waals surface area contributed by atoms with Crippen LogP contribution in [0.25, 0.3) is 0 Å². The monoisotopic (exact) mass is 442 g/mol. The van der Waals surface area contributed by atoms with E-state index >= 15 is 0 Å². The van der Waals surface area contributed by atoms with Gasteiger partial charge in [-0.1, -0.05) is 28.9 Å². The van der Waals surface area contributed by atoms with E-state index in [1.54, 1.807) is 11.8 Å². The van der Waals surface area contributed by atoms with E-state index in [9.17, 15) is 4.79 Å². The lowest BCUT2D eigenvalue weighted by molar-refractivity contribution is 0.0592.